The molecule has 1 aliphatic heterocycles. The number of carbonyl (C=O) groups excluding carboxylic acids is 1. The topological polar surface area (TPSA) is 54.5 Å². The zero-order valence-corrected chi connectivity index (χ0v) is 11.8. The number of nitrogens with zero attached hydrogens (tertiary/aromatic N) is 1. The van der Waals surface area contributed by atoms with E-state index in [-0.39, 0.29) is 18.9 Å². The number of anilines is 1. The average molecular weight is 297 g/mol. The molecule has 0 saturated carbocycles. The summed E-state index contributed by atoms with van der Waals surface area (Å²) in [7, 11) is -4.66. The summed E-state index contributed by atoms with van der Waals surface area (Å²) in [6, 6.07) is 5.77. The Bertz CT molecular complexity index is 656. The van der Waals surface area contributed by atoms with Crippen molar-refractivity contribution in [3.8, 4) is 0 Å². The molecule has 2 aliphatic rings. The van der Waals surface area contributed by atoms with Crippen LogP contribution in [0.5, 0.6) is 0 Å². The van der Waals surface area contributed by atoms with E-state index >= 15 is 0 Å². The molecule has 6 heteroatoms. The molecule has 1 aromatic rings. The number of hydrogen-bond donors (Lipinski definition) is 0. The number of hydrogen-bond acceptors (Lipinski definition) is 3. The Labute approximate surface area is 117 Å². The molecule has 1 amide bonds. The van der Waals surface area contributed by atoms with E-state index in [1.165, 1.54) is 22.4 Å². The molecule has 108 valence electrons. The lowest BCUT2D eigenvalue weighted by Crippen LogP contribution is -2.27. The molecule has 0 N–H and O–H groups in total. The van der Waals surface area contributed by atoms with E-state index in [4.69, 9.17) is 0 Å². The third-order valence-corrected chi connectivity index (χ3v) is 5.24. The summed E-state index contributed by atoms with van der Waals surface area (Å²) in [5, 5.41) is -1.23. The Morgan fingerprint density at radius 2 is 1.85 bits per heavy atom. The number of rotatable bonds is 2. The molecule has 3 rings (SSSR count). The van der Waals surface area contributed by atoms with Crippen LogP contribution < -0.4 is 4.90 Å². The molecule has 1 unspecified atom stereocenters. The van der Waals surface area contributed by atoms with Crippen molar-refractivity contribution >= 4 is 21.8 Å². The van der Waals surface area contributed by atoms with Gasteiger partial charge in [0.05, 0.1) is 0 Å². The second-order valence-electron chi connectivity index (χ2n) is 5.47. The minimum atomic E-state index is -4.66. The summed E-state index contributed by atoms with van der Waals surface area (Å²) in [5.74, 6) is -0.327. The number of halogens is 1. The van der Waals surface area contributed by atoms with E-state index in [9.17, 15) is 17.1 Å². The summed E-state index contributed by atoms with van der Waals surface area (Å²) in [6.07, 6.45) is 4.07. The maximum Gasteiger partial charge on any atom is 0.307 e. The normalized spacial score (nSPS) is 22.9. The number of fused-ring (bicyclic) bond motifs is 1. The van der Waals surface area contributed by atoms with Crippen molar-refractivity contribution in [1.29, 1.82) is 0 Å². The first kappa shape index (κ1) is 13.5. The van der Waals surface area contributed by atoms with Gasteiger partial charge in [-0.05, 0) is 48.9 Å². The number of carbonyl (C=O) groups is 1. The summed E-state index contributed by atoms with van der Waals surface area (Å²) in [5.41, 5.74) is 3.19. The van der Waals surface area contributed by atoms with Gasteiger partial charge in [0.1, 0.15) is 5.25 Å². The van der Waals surface area contributed by atoms with Crippen molar-refractivity contribution in [1.82, 2.24) is 0 Å². The van der Waals surface area contributed by atoms with Gasteiger partial charge in [0, 0.05) is 18.7 Å². The highest BCUT2D eigenvalue weighted by atomic mass is 32.3. The van der Waals surface area contributed by atoms with Crippen LogP contribution in [0.1, 0.15) is 30.4 Å². The molecule has 1 aromatic carbocycles. The van der Waals surface area contributed by atoms with Crippen LogP contribution >= 0.6 is 0 Å². The van der Waals surface area contributed by atoms with E-state index in [1.807, 2.05) is 18.2 Å². The smallest absolute Gasteiger partial charge is 0.307 e. The van der Waals surface area contributed by atoms with Crippen LogP contribution in [0.2, 0.25) is 0 Å². The summed E-state index contributed by atoms with van der Waals surface area (Å²) in [6.45, 7) is -0.0869. The Morgan fingerprint density at radius 3 is 2.50 bits per heavy atom. The second kappa shape index (κ2) is 4.84. The van der Waals surface area contributed by atoms with Gasteiger partial charge in [-0.3, -0.25) is 4.79 Å². The summed E-state index contributed by atoms with van der Waals surface area (Å²) >= 11 is 0. The fraction of sp³-hybridized carbons (Fsp3) is 0.500. The average Bonchev–Trinajstić information content (AvgIpc) is 2.80. The van der Waals surface area contributed by atoms with Crippen LogP contribution in [0.25, 0.3) is 0 Å². The van der Waals surface area contributed by atoms with Crippen molar-refractivity contribution in [2.24, 2.45) is 0 Å². The maximum atomic E-state index is 13.0. The van der Waals surface area contributed by atoms with Gasteiger partial charge in [-0.2, -0.15) is 8.42 Å². The van der Waals surface area contributed by atoms with E-state index in [1.54, 1.807) is 0 Å². The molecule has 0 aromatic heterocycles. The van der Waals surface area contributed by atoms with Gasteiger partial charge in [-0.1, -0.05) is 6.07 Å². The molecule has 1 heterocycles. The van der Waals surface area contributed by atoms with Crippen molar-refractivity contribution in [3.05, 3.63) is 29.3 Å². The van der Waals surface area contributed by atoms with E-state index < -0.39 is 15.5 Å². The number of aryl methyl sites for hydroxylation is 2. The molecular formula is C14H16FNO3S. The van der Waals surface area contributed by atoms with Gasteiger partial charge in [-0.25, -0.2) is 0 Å². The van der Waals surface area contributed by atoms with Crippen LogP contribution in [0.4, 0.5) is 9.57 Å². The third-order valence-electron chi connectivity index (χ3n) is 4.13. The monoisotopic (exact) mass is 297 g/mol. The van der Waals surface area contributed by atoms with E-state index in [2.05, 4.69) is 0 Å². The van der Waals surface area contributed by atoms with Gasteiger partial charge < -0.3 is 4.90 Å². The Morgan fingerprint density at radius 1 is 1.15 bits per heavy atom. The van der Waals surface area contributed by atoms with Crippen LogP contribution in [0.15, 0.2) is 18.2 Å². The molecule has 20 heavy (non-hydrogen) atoms. The molecule has 1 atom stereocenters. The quantitative estimate of drug-likeness (QED) is 0.784. The minimum Gasteiger partial charge on any atom is -0.311 e. The molecule has 0 radical (unpaired) electrons. The Balaban J connectivity index is 1.88. The van der Waals surface area contributed by atoms with Crippen LogP contribution in [-0.4, -0.2) is 26.1 Å². The predicted molar refractivity (Wildman–Crippen MR) is 73.9 cm³/mol. The zero-order chi connectivity index (χ0) is 14.3. The molecule has 0 bridgehead atoms. The highest BCUT2D eigenvalue weighted by molar-refractivity contribution is 7.87. The highest BCUT2D eigenvalue weighted by Crippen LogP contribution is 2.30. The first-order valence-corrected chi connectivity index (χ1v) is 8.25. The minimum absolute atomic E-state index is 0.0869. The fourth-order valence-corrected chi connectivity index (χ4v) is 3.67. The van der Waals surface area contributed by atoms with Gasteiger partial charge >= 0.3 is 10.2 Å². The number of amides is 1. The van der Waals surface area contributed by atoms with Gasteiger partial charge in [0.25, 0.3) is 0 Å². The second-order valence-corrected chi connectivity index (χ2v) is 7.08. The largest absolute Gasteiger partial charge is 0.311 e. The van der Waals surface area contributed by atoms with Gasteiger partial charge in [-0.15, -0.1) is 3.89 Å². The summed E-state index contributed by atoms with van der Waals surface area (Å²) in [4.78, 5) is 13.3. The van der Waals surface area contributed by atoms with Crippen LogP contribution in [0, 0.1) is 0 Å². The molecule has 0 spiro atoms. The Kier molecular flexibility index (Phi) is 3.28. The van der Waals surface area contributed by atoms with Gasteiger partial charge in [0.2, 0.25) is 5.91 Å². The molecule has 1 aliphatic carbocycles. The van der Waals surface area contributed by atoms with Crippen molar-refractivity contribution in [2.45, 2.75) is 37.4 Å². The van der Waals surface area contributed by atoms with Crippen molar-refractivity contribution in [2.75, 3.05) is 11.4 Å². The number of benzene rings is 1. The molecule has 1 fully saturated rings. The van der Waals surface area contributed by atoms with Crippen molar-refractivity contribution < 1.29 is 17.1 Å². The van der Waals surface area contributed by atoms with E-state index in [0.29, 0.717) is 5.69 Å². The highest BCUT2D eigenvalue weighted by Gasteiger charge is 2.39. The van der Waals surface area contributed by atoms with E-state index in [0.717, 1.165) is 19.3 Å². The van der Waals surface area contributed by atoms with Crippen LogP contribution in [-0.2, 0) is 27.9 Å². The third kappa shape index (κ3) is 2.44. The fourth-order valence-electron chi connectivity index (χ4n) is 3.00. The first-order chi connectivity index (χ1) is 9.45. The SMILES string of the molecule is O=C1CC(S(=O)(=O)F)CN1c1ccc2c(c1)CCCC2. The molecular weight excluding hydrogens is 281 g/mol. The molecule has 1 saturated heterocycles. The zero-order valence-electron chi connectivity index (χ0n) is 11.0. The van der Waals surface area contributed by atoms with Gasteiger partial charge in [0.15, 0.2) is 0 Å². The summed E-state index contributed by atoms with van der Waals surface area (Å²) < 4.78 is 34.9. The molecule has 4 nitrogen and oxygen atoms in total. The standard InChI is InChI=1S/C14H16FNO3S/c15-20(18,19)13-8-14(17)16(9-13)12-6-5-10-3-1-2-4-11(10)7-12/h5-7,13H,1-4,8-9H2. The lowest BCUT2D eigenvalue weighted by Gasteiger charge is -2.21. The van der Waals surface area contributed by atoms with Crippen LogP contribution in [0.3, 0.4) is 0 Å². The maximum absolute atomic E-state index is 13.0. The predicted octanol–water partition coefficient (Wildman–Crippen LogP) is 1.97. The Hall–Kier alpha value is -1.43. The first-order valence-electron chi connectivity index (χ1n) is 6.81. The van der Waals surface area contributed by atoms with Crippen molar-refractivity contribution in [3.63, 3.8) is 0 Å². The lowest BCUT2D eigenvalue weighted by molar-refractivity contribution is -0.117. The lowest BCUT2D eigenvalue weighted by atomic mass is 9.91.